The number of nitrogens with zero attached hydrogens (tertiary/aromatic N) is 1. The van der Waals surface area contributed by atoms with Crippen molar-refractivity contribution >= 4 is 24.5 Å². The van der Waals surface area contributed by atoms with Crippen LogP contribution in [0.3, 0.4) is 0 Å². The first-order valence-electron chi connectivity index (χ1n) is 14.5. The highest BCUT2D eigenvalue weighted by atomic mass is 31.2. The molecule has 1 aromatic heterocycles. The predicted octanol–water partition coefficient (Wildman–Crippen LogP) is 5.21. The van der Waals surface area contributed by atoms with Crippen LogP contribution in [0.4, 0.5) is 4.39 Å². The van der Waals surface area contributed by atoms with Crippen molar-refractivity contribution in [3.63, 3.8) is 0 Å². The van der Waals surface area contributed by atoms with E-state index in [1.165, 1.54) is 6.92 Å². The zero-order valence-corrected chi connectivity index (χ0v) is 25.5. The number of hydrogen-bond donors (Lipinski definition) is 3. The van der Waals surface area contributed by atoms with Gasteiger partial charge in [0.1, 0.15) is 23.2 Å². The smallest absolute Gasteiger partial charge is 0.460 e. The van der Waals surface area contributed by atoms with Crippen LogP contribution in [-0.2, 0) is 23.4 Å². The molecule has 0 unspecified atom stereocenters. The average Bonchev–Trinajstić information content (AvgIpc) is 3.65. The molecule has 0 radical (unpaired) electrons. The van der Waals surface area contributed by atoms with Crippen molar-refractivity contribution in [1.82, 2.24) is 14.6 Å². The van der Waals surface area contributed by atoms with Gasteiger partial charge in [0.25, 0.3) is 5.56 Å². The van der Waals surface area contributed by atoms with E-state index in [0.29, 0.717) is 11.6 Å². The number of rotatable bonds is 13. The normalized spacial score (nSPS) is 19.4. The third-order valence-corrected chi connectivity index (χ3v) is 9.55. The quantitative estimate of drug-likeness (QED) is 0.169. The summed E-state index contributed by atoms with van der Waals surface area (Å²) in [5.74, 6) is -1.85. The summed E-state index contributed by atoms with van der Waals surface area (Å²) in [6, 6.07) is 11.4. The Morgan fingerprint density at radius 3 is 2.61 bits per heavy atom. The molecule has 2 aliphatic rings. The van der Waals surface area contributed by atoms with Crippen LogP contribution >= 0.6 is 7.75 Å². The lowest BCUT2D eigenvalue weighted by Gasteiger charge is -2.28. The third kappa shape index (κ3) is 6.59. The molecule has 236 valence electrons. The second kappa shape index (κ2) is 12.6. The summed E-state index contributed by atoms with van der Waals surface area (Å²) in [5.41, 5.74) is -3.56. The second-order valence-electron chi connectivity index (χ2n) is 11.0. The van der Waals surface area contributed by atoms with Crippen molar-refractivity contribution in [2.24, 2.45) is 5.92 Å². The number of carbonyl (C=O) groups is 1. The molecule has 3 atom stereocenters. The molecule has 2 heterocycles. The Morgan fingerprint density at radius 1 is 1.20 bits per heavy atom. The Kier molecular flexibility index (Phi) is 9.01. The molecule has 0 spiro atoms. The van der Waals surface area contributed by atoms with Crippen molar-refractivity contribution in [2.75, 3.05) is 6.61 Å². The van der Waals surface area contributed by atoms with E-state index in [4.69, 9.17) is 18.5 Å². The number of aromatic nitrogens is 2. The molecule has 1 fully saturated rings. The highest BCUT2D eigenvalue weighted by Gasteiger charge is 2.58. The lowest BCUT2D eigenvalue weighted by Crippen LogP contribution is -2.37. The fourth-order valence-electron chi connectivity index (χ4n) is 5.02. The van der Waals surface area contributed by atoms with E-state index in [1.54, 1.807) is 24.3 Å². The van der Waals surface area contributed by atoms with Crippen LogP contribution in [0, 0.1) is 11.7 Å². The van der Waals surface area contributed by atoms with Gasteiger partial charge in [-0.25, -0.2) is 9.36 Å². The summed E-state index contributed by atoms with van der Waals surface area (Å²) in [6.45, 7) is 5.69. The fourth-order valence-corrected chi connectivity index (χ4v) is 6.89. The first kappa shape index (κ1) is 31.5. The van der Waals surface area contributed by atoms with Crippen molar-refractivity contribution in [1.29, 1.82) is 0 Å². The van der Waals surface area contributed by atoms with Crippen LogP contribution in [0.1, 0.15) is 59.1 Å². The number of aliphatic hydroxyl groups excluding tert-OH is 1. The van der Waals surface area contributed by atoms with E-state index in [2.05, 4.69) is 5.09 Å². The summed E-state index contributed by atoms with van der Waals surface area (Å²) in [4.78, 5) is 38.6. The number of fused-ring (bicyclic) bond motifs is 1. The number of aromatic amines is 1. The van der Waals surface area contributed by atoms with Crippen LogP contribution in [0.15, 0.2) is 69.8 Å². The standard InChI is InChI=1S/C30H35FN3O9P/c1-4-19(5-2)17-40-28(37)18(3)33-44(39,42-24-12-8-10-20-9-6-7-11-21(20)24)43-30(13-14-30)26-23(35)15-25(41-26)34-16-22(31)27(36)32-29(34)38/h6-12,16,18-19,25,35H,4-5,13-15,17H2,1-3H3,(H,33,39)(H,32,36,38)/t18-,25+,44-/m0/s1. The predicted molar refractivity (Wildman–Crippen MR) is 159 cm³/mol. The van der Waals surface area contributed by atoms with Crippen LogP contribution < -0.4 is 20.9 Å². The molecule has 14 heteroatoms. The van der Waals surface area contributed by atoms with E-state index in [9.17, 15) is 28.4 Å². The maximum Gasteiger partial charge on any atom is 0.460 e. The second-order valence-corrected chi connectivity index (χ2v) is 12.6. The van der Waals surface area contributed by atoms with Crippen LogP contribution in [0.5, 0.6) is 5.75 Å². The van der Waals surface area contributed by atoms with Gasteiger partial charge < -0.3 is 19.1 Å². The highest BCUT2D eigenvalue weighted by Crippen LogP contribution is 2.61. The van der Waals surface area contributed by atoms with E-state index in [0.717, 1.165) is 22.8 Å². The topological polar surface area (TPSA) is 158 Å². The van der Waals surface area contributed by atoms with E-state index >= 15 is 0 Å². The Labute approximate surface area is 252 Å². The molecule has 1 aliphatic heterocycles. The number of halogens is 1. The molecule has 3 aromatic rings. The third-order valence-electron chi connectivity index (χ3n) is 7.82. The van der Waals surface area contributed by atoms with Crippen LogP contribution in [0.25, 0.3) is 10.8 Å². The average molecular weight is 632 g/mol. The number of ether oxygens (including phenoxy) is 2. The van der Waals surface area contributed by atoms with Crippen molar-refractivity contribution < 1.29 is 37.4 Å². The number of H-pyrrole nitrogens is 1. The van der Waals surface area contributed by atoms with Gasteiger partial charge in [0, 0.05) is 5.39 Å². The lowest BCUT2D eigenvalue weighted by molar-refractivity contribution is -0.146. The van der Waals surface area contributed by atoms with Crippen LogP contribution in [0.2, 0.25) is 0 Å². The summed E-state index contributed by atoms with van der Waals surface area (Å²) in [5, 5.41) is 15.0. The fraction of sp³-hybridized carbons (Fsp3) is 0.433. The molecule has 44 heavy (non-hydrogen) atoms. The van der Waals surface area contributed by atoms with E-state index in [-0.39, 0.29) is 49.1 Å². The largest absolute Gasteiger partial charge is 0.508 e. The first-order valence-corrected chi connectivity index (χ1v) is 16.0. The zero-order valence-electron chi connectivity index (χ0n) is 24.6. The molecule has 2 aromatic carbocycles. The van der Waals surface area contributed by atoms with Gasteiger partial charge in [-0.3, -0.25) is 23.7 Å². The molecule has 12 nitrogen and oxygen atoms in total. The van der Waals surface area contributed by atoms with Crippen molar-refractivity contribution in [2.45, 2.75) is 70.7 Å². The minimum atomic E-state index is -4.42. The molecular weight excluding hydrogens is 596 g/mol. The molecule has 5 rings (SSSR count). The van der Waals surface area contributed by atoms with Gasteiger partial charge in [-0.05, 0) is 37.1 Å². The van der Waals surface area contributed by atoms with Gasteiger partial charge in [0.15, 0.2) is 12.0 Å². The molecule has 0 saturated heterocycles. The summed E-state index contributed by atoms with van der Waals surface area (Å²) < 4.78 is 52.8. The van der Waals surface area contributed by atoms with Gasteiger partial charge in [0.05, 0.1) is 19.2 Å². The molecule has 0 amide bonds. The van der Waals surface area contributed by atoms with Crippen molar-refractivity contribution in [3.05, 3.63) is 86.8 Å². The van der Waals surface area contributed by atoms with Gasteiger partial charge in [-0.2, -0.15) is 9.48 Å². The molecule has 0 bridgehead atoms. The zero-order chi connectivity index (χ0) is 31.6. The maximum absolute atomic E-state index is 14.5. The Morgan fingerprint density at radius 2 is 1.91 bits per heavy atom. The van der Waals surface area contributed by atoms with Gasteiger partial charge in [-0.15, -0.1) is 0 Å². The summed E-state index contributed by atoms with van der Waals surface area (Å²) >= 11 is 0. The lowest BCUT2D eigenvalue weighted by atomic mass is 10.1. The number of carbonyl (C=O) groups excluding carboxylic acids is 1. The number of aliphatic hydroxyl groups is 1. The number of nitrogens with one attached hydrogen (secondary N) is 2. The maximum atomic E-state index is 14.5. The molecule has 1 aliphatic carbocycles. The number of benzene rings is 2. The molecule has 3 N–H and O–H groups in total. The minimum Gasteiger partial charge on any atom is -0.508 e. The Hall–Kier alpha value is -3.93. The van der Waals surface area contributed by atoms with E-state index < -0.39 is 48.7 Å². The van der Waals surface area contributed by atoms with Crippen molar-refractivity contribution in [3.8, 4) is 5.75 Å². The summed E-state index contributed by atoms with van der Waals surface area (Å²) in [7, 11) is -4.42. The van der Waals surface area contributed by atoms with Gasteiger partial charge >= 0.3 is 19.4 Å². The Bertz CT molecular complexity index is 1740. The molecular formula is C30H35FN3O9P. The minimum absolute atomic E-state index is 0.103. The highest BCUT2D eigenvalue weighted by molar-refractivity contribution is 7.52. The van der Waals surface area contributed by atoms with Gasteiger partial charge in [-0.1, -0.05) is 63.1 Å². The SMILES string of the molecule is CCC(CC)COC(=O)[C@H](C)N[P@](=O)(Oc1cccc2ccccc12)OC1(C2=C(O)C[C@H](n3cc(F)c(=O)[nH]c3=O)O2)CC1. The molecule has 1 saturated carbocycles. The first-order chi connectivity index (χ1) is 21.0. The van der Waals surface area contributed by atoms with E-state index in [1.807, 2.05) is 37.0 Å². The number of esters is 1. The summed E-state index contributed by atoms with van der Waals surface area (Å²) in [6.07, 6.45) is 1.42. The van der Waals surface area contributed by atoms with Crippen LogP contribution in [-0.4, -0.2) is 38.9 Å². The van der Waals surface area contributed by atoms with Gasteiger partial charge in [0.2, 0.25) is 5.82 Å². The monoisotopic (exact) mass is 631 g/mol. The Balaban J connectivity index is 1.42. The number of hydrogen-bond acceptors (Lipinski definition) is 9.